The van der Waals surface area contributed by atoms with Crippen LogP contribution in [-0.4, -0.2) is 38.7 Å². The molecule has 1 N–H and O–H groups in total. The molecule has 0 aromatic heterocycles. The fourth-order valence-electron chi connectivity index (χ4n) is 2.95. The molecule has 0 unspecified atom stereocenters. The van der Waals surface area contributed by atoms with Gasteiger partial charge in [-0.05, 0) is 25.0 Å². The summed E-state index contributed by atoms with van der Waals surface area (Å²) in [6.45, 7) is 2.17. The Morgan fingerprint density at radius 2 is 2.14 bits per heavy atom. The molecule has 2 atom stereocenters. The van der Waals surface area contributed by atoms with Crippen molar-refractivity contribution in [2.24, 2.45) is 0 Å². The van der Waals surface area contributed by atoms with Crippen LogP contribution in [-0.2, 0) is 21.1 Å². The van der Waals surface area contributed by atoms with Gasteiger partial charge in [0.1, 0.15) is 0 Å². The summed E-state index contributed by atoms with van der Waals surface area (Å²) in [4.78, 5) is 14.2. The van der Waals surface area contributed by atoms with E-state index in [0.717, 1.165) is 12.1 Å². The molecule has 112 valence electrons. The minimum absolute atomic E-state index is 0.0230. The molecule has 1 aromatic rings. The summed E-state index contributed by atoms with van der Waals surface area (Å²) < 4.78 is 22.7. The Morgan fingerprint density at radius 3 is 2.86 bits per heavy atom. The van der Waals surface area contributed by atoms with Crippen LogP contribution in [0.4, 0.5) is 5.69 Å². The predicted octanol–water partition coefficient (Wildman–Crippen LogP) is 0.865. The van der Waals surface area contributed by atoms with E-state index in [4.69, 9.17) is 0 Å². The number of para-hydroxylation sites is 1. The highest BCUT2D eigenvalue weighted by molar-refractivity contribution is 7.94. The van der Waals surface area contributed by atoms with Gasteiger partial charge in [-0.15, -0.1) is 0 Å². The Hall–Kier alpha value is -1.66. The normalized spacial score (nSPS) is 26.0. The molecule has 0 saturated heterocycles. The molecule has 0 fully saturated rings. The average Bonchev–Trinajstić information content (AvgIpc) is 2.94. The lowest BCUT2D eigenvalue weighted by molar-refractivity contribution is -0.118. The second-order valence-electron chi connectivity index (χ2n) is 5.59. The van der Waals surface area contributed by atoms with Crippen LogP contribution in [0, 0.1) is 0 Å². The number of amides is 1. The zero-order valence-corrected chi connectivity index (χ0v) is 12.6. The van der Waals surface area contributed by atoms with E-state index in [1.807, 2.05) is 31.2 Å². The highest BCUT2D eigenvalue weighted by Gasteiger charge is 2.31. The van der Waals surface area contributed by atoms with Crippen LogP contribution in [0.2, 0.25) is 0 Å². The van der Waals surface area contributed by atoms with E-state index < -0.39 is 9.84 Å². The first-order valence-electron chi connectivity index (χ1n) is 7.00. The third-order valence-corrected chi connectivity index (χ3v) is 5.32. The molecule has 0 spiro atoms. The lowest BCUT2D eigenvalue weighted by Gasteiger charge is -2.23. The van der Waals surface area contributed by atoms with Crippen LogP contribution in [0.25, 0.3) is 0 Å². The number of hydrogen-bond donors (Lipinski definition) is 1. The van der Waals surface area contributed by atoms with Gasteiger partial charge in [-0.1, -0.05) is 24.3 Å². The fraction of sp³-hybridized carbons (Fsp3) is 0.400. The summed E-state index contributed by atoms with van der Waals surface area (Å²) in [6.07, 6.45) is 2.46. The Labute approximate surface area is 124 Å². The Kier molecular flexibility index (Phi) is 3.59. The molecular weight excluding hydrogens is 288 g/mol. The van der Waals surface area contributed by atoms with Crippen LogP contribution in [0.15, 0.2) is 35.7 Å². The van der Waals surface area contributed by atoms with E-state index in [1.165, 1.54) is 11.0 Å². The Bertz CT molecular complexity index is 697. The summed E-state index contributed by atoms with van der Waals surface area (Å²) in [5, 5.41) is 4.22. The van der Waals surface area contributed by atoms with E-state index in [-0.39, 0.29) is 30.3 Å². The maximum absolute atomic E-state index is 12.4. The Balaban J connectivity index is 1.65. The molecule has 0 radical (unpaired) electrons. The number of benzene rings is 1. The summed E-state index contributed by atoms with van der Waals surface area (Å²) in [7, 11) is -3.09. The van der Waals surface area contributed by atoms with Gasteiger partial charge < -0.3 is 10.2 Å². The molecule has 2 heterocycles. The molecule has 1 amide bonds. The van der Waals surface area contributed by atoms with Crippen LogP contribution in [0.5, 0.6) is 0 Å². The largest absolute Gasteiger partial charge is 0.308 e. The highest BCUT2D eigenvalue weighted by atomic mass is 32.2. The molecule has 1 aromatic carbocycles. The molecule has 0 aliphatic carbocycles. The summed E-state index contributed by atoms with van der Waals surface area (Å²) in [5.41, 5.74) is 2.15. The van der Waals surface area contributed by atoms with Crippen LogP contribution in [0.1, 0.15) is 12.5 Å². The fourth-order valence-corrected chi connectivity index (χ4v) is 4.22. The second kappa shape index (κ2) is 5.27. The monoisotopic (exact) mass is 306 g/mol. The third-order valence-electron chi connectivity index (χ3n) is 3.92. The van der Waals surface area contributed by atoms with Gasteiger partial charge in [-0.25, -0.2) is 8.42 Å². The third kappa shape index (κ3) is 2.87. The number of nitrogens with one attached hydrogen (secondary N) is 1. The van der Waals surface area contributed by atoms with Crippen LogP contribution >= 0.6 is 0 Å². The SMILES string of the molecule is C[C@@H]1Cc2ccccc2N1C(=O)CN[C@@H]1C=CS(=O)(=O)C1. The number of hydrogen-bond acceptors (Lipinski definition) is 4. The van der Waals surface area contributed by atoms with Gasteiger partial charge in [0.25, 0.3) is 0 Å². The van der Waals surface area contributed by atoms with Crippen molar-refractivity contribution in [2.75, 3.05) is 17.2 Å². The van der Waals surface area contributed by atoms with E-state index in [0.29, 0.717) is 0 Å². The van der Waals surface area contributed by atoms with Gasteiger partial charge >= 0.3 is 0 Å². The van der Waals surface area contributed by atoms with Crippen molar-refractivity contribution in [1.29, 1.82) is 0 Å². The van der Waals surface area contributed by atoms with Crippen LogP contribution in [0.3, 0.4) is 0 Å². The van der Waals surface area contributed by atoms with Crippen molar-refractivity contribution >= 4 is 21.4 Å². The van der Waals surface area contributed by atoms with Gasteiger partial charge in [0.05, 0.1) is 12.3 Å². The van der Waals surface area contributed by atoms with Crippen molar-refractivity contribution in [3.63, 3.8) is 0 Å². The minimum atomic E-state index is -3.09. The van der Waals surface area contributed by atoms with Gasteiger partial charge in [-0.2, -0.15) is 0 Å². The number of sulfone groups is 1. The quantitative estimate of drug-likeness (QED) is 0.899. The number of rotatable bonds is 3. The molecule has 2 aliphatic heterocycles. The van der Waals surface area contributed by atoms with E-state index >= 15 is 0 Å². The first-order chi connectivity index (χ1) is 9.96. The molecule has 0 bridgehead atoms. The van der Waals surface area contributed by atoms with Crippen LogP contribution < -0.4 is 10.2 Å². The zero-order chi connectivity index (χ0) is 15.0. The Morgan fingerprint density at radius 1 is 1.38 bits per heavy atom. The zero-order valence-electron chi connectivity index (χ0n) is 11.8. The molecule has 2 aliphatic rings. The summed E-state index contributed by atoms with van der Waals surface area (Å²) >= 11 is 0. The number of nitrogens with zero attached hydrogens (tertiary/aromatic N) is 1. The minimum Gasteiger partial charge on any atom is -0.308 e. The standard InChI is InChI=1S/C15H18N2O3S/c1-11-8-12-4-2-3-5-14(12)17(11)15(18)9-16-13-6-7-21(19,20)10-13/h2-7,11,13,16H,8-10H2,1H3/t11-,13-/m1/s1. The number of fused-ring (bicyclic) bond motifs is 1. The highest BCUT2D eigenvalue weighted by Crippen LogP contribution is 2.31. The van der Waals surface area contributed by atoms with Gasteiger partial charge in [-0.3, -0.25) is 4.79 Å². The maximum atomic E-state index is 12.4. The molecule has 3 rings (SSSR count). The molecule has 0 saturated carbocycles. The van der Waals surface area contributed by atoms with Gasteiger partial charge in [0.2, 0.25) is 5.91 Å². The van der Waals surface area contributed by atoms with Crippen molar-refractivity contribution < 1.29 is 13.2 Å². The molecule has 21 heavy (non-hydrogen) atoms. The first-order valence-corrected chi connectivity index (χ1v) is 8.72. The summed E-state index contributed by atoms with van der Waals surface area (Å²) in [5.74, 6) is 0.0111. The first kappa shape index (κ1) is 14.3. The predicted molar refractivity (Wildman–Crippen MR) is 81.8 cm³/mol. The van der Waals surface area contributed by atoms with Gasteiger partial charge in [0.15, 0.2) is 9.84 Å². The smallest absolute Gasteiger partial charge is 0.241 e. The number of anilines is 1. The maximum Gasteiger partial charge on any atom is 0.241 e. The second-order valence-corrected chi connectivity index (χ2v) is 7.52. The topological polar surface area (TPSA) is 66.5 Å². The van der Waals surface area contributed by atoms with Crippen molar-refractivity contribution in [1.82, 2.24) is 5.32 Å². The lowest BCUT2D eigenvalue weighted by atomic mass is 10.1. The summed E-state index contributed by atoms with van der Waals surface area (Å²) in [6, 6.07) is 7.77. The molecular formula is C15H18N2O3S. The van der Waals surface area contributed by atoms with E-state index in [9.17, 15) is 13.2 Å². The number of carbonyl (C=O) groups excluding carboxylic acids is 1. The van der Waals surface area contributed by atoms with Gasteiger partial charge in [0, 0.05) is 23.2 Å². The van der Waals surface area contributed by atoms with Crippen molar-refractivity contribution in [2.45, 2.75) is 25.4 Å². The number of carbonyl (C=O) groups is 1. The van der Waals surface area contributed by atoms with Crippen molar-refractivity contribution in [3.8, 4) is 0 Å². The van der Waals surface area contributed by atoms with E-state index in [1.54, 1.807) is 11.0 Å². The molecule has 5 nitrogen and oxygen atoms in total. The lowest BCUT2D eigenvalue weighted by Crippen LogP contribution is -2.44. The van der Waals surface area contributed by atoms with Crippen molar-refractivity contribution in [3.05, 3.63) is 41.3 Å². The van der Waals surface area contributed by atoms with E-state index in [2.05, 4.69) is 5.32 Å². The average molecular weight is 306 g/mol. The molecule has 6 heteroatoms.